The number of guanidine groups is 1. The number of fused-ring (bicyclic) bond motifs is 1. The van der Waals surface area contributed by atoms with Crippen LogP contribution < -0.4 is 32.2 Å². The highest BCUT2D eigenvalue weighted by Gasteiger charge is 2.22. The van der Waals surface area contributed by atoms with Gasteiger partial charge in [-0.1, -0.05) is 68.4 Å². The molecule has 0 heterocycles. The second-order valence-electron chi connectivity index (χ2n) is 13.9. The fourth-order valence-electron chi connectivity index (χ4n) is 5.82. The average Bonchev–Trinajstić information content (AvgIpc) is 3.18. The molecule has 0 saturated carbocycles. The molecule has 0 unspecified atom stereocenters. The number of nitrogens with zero attached hydrogens (tertiary/aromatic N) is 1. The maximum atomic E-state index is 12.9. The van der Waals surface area contributed by atoms with Crippen LogP contribution in [0.15, 0.2) is 65.7 Å². The Hall–Kier alpha value is -5.29. The van der Waals surface area contributed by atoms with E-state index in [1.54, 1.807) is 12.1 Å². The van der Waals surface area contributed by atoms with Gasteiger partial charge in [-0.05, 0) is 53.3 Å². The minimum Gasteiger partial charge on any atom is -0.491 e. The van der Waals surface area contributed by atoms with Crippen molar-refractivity contribution in [3.63, 3.8) is 0 Å². The Balaban J connectivity index is 1.50. The molecule has 0 aromatic heterocycles. The van der Waals surface area contributed by atoms with Gasteiger partial charge in [0.15, 0.2) is 5.96 Å². The number of carbonyl (C=O) groups excluding carboxylic acids is 3. The molecule has 3 aromatic carbocycles. The van der Waals surface area contributed by atoms with Gasteiger partial charge in [0.2, 0.25) is 17.7 Å². The maximum Gasteiger partial charge on any atom is 0.305 e. The average molecular weight is 809 g/mol. The summed E-state index contributed by atoms with van der Waals surface area (Å²) in [6.45, 7) is 9.99. The van der Waals surface area contributed by atoms with E-state index in [1.807, 2.05) is 48.5 Å². The summed E-state index contributed by atoms with van der Waals surface area (Å²) in [6, 6.07) is 17.2. The lowest BCUT2D eigenvalue weighted by Gasteiger charge is -2.20. The Bertz CT molecular complexity index is 1750. The molecule has 0 fully saturated rings. The lowest BCUT2D eigenvalue weighted by Crippen LogP contribution is -2.49. The smallest absolute Gasteiger partial charge is 0.305 e. The molecule has 58 heavy (non-hydrogen) atoms. The Kier molecular flexibility index (Phi) is 21.6. The van der Waals surface area contributed by atoms with Crippen molar-refractivity contribution in [3.8, 4) is 16.9 Å². The van der Waals surface area contributed by atoms with Crippen LogP contribution >= 0.6 is 0 Å². The van der Waals surface area contributed by atoms with E-state index in [4.69, 9.17) is 35.2 Å². The number of carboxylic acids is 1. The Labute approximate surface area is 340 Å². The summed E-state index contributed by atoms with van der Waals surface area (Å²) in [4.78, 5) is 53.0. The van der Waals surface area contributed by atoms with Gasteiger partial charge in [-0.25, -0.2) is 0 Å². The molecule has 0 spiro atoms. The zero-order chi connectivity index (χ0) is 42.1. The highest BCUT2D eigenvalue weighted by Crippen LogP contribution is 2.35. The topological polar surface area (TPSA) is 235 Å². The number of nitrogens with two attached hydrogens (primary N) is 2. The third kappa shape index (κ3) is 18.3. The molecular weight excluding hydrogens is 748 g/mol. The van der Waals surface area contributed by atoms with Crippen LogP contribution in [0.2, 0.25) is 0 Å². The monoisotopic (exact) mass is 808 g/mol. The summed E-state index contributed by atoms with van der Waals surface area (Å²) in [7, 11) is 0. The first-order valence-corrected chi connectivity index (χ1v) is 19.6. The first-order valence-electron chi connectivity index (χ1n) is 19.6. The summed E-state index contributed by atoms with van der Waals surface area (Å²) in [5, 5.41) is 19.3. The largest absolute Gasteiger partial charge is 0.491 e. The van der Waals surface area contributed by atoms with Crippen LogP contribution in [0.3, 0.4) is 0 Å². The standard InChI is InChI=1S/C42H60N6O10/c1-29(2)16-18-54-19-20-55-21-22-56-23-24-57-25-26-58-38-15-14-33(34-7-4-5-8-35(34)38)31-10-12-32(13-11-31)37(27-40(51)52)48-39(50)28-46-41(53)36(47-30(3)49)9-6-17-45-42(43)44/h4-5,7-8,10-15,29,36-37H,6,9,16-28H2,1-3H3,(H,46,53)(H,47,49)(H,48,50)(H,51,52)(H4,43,44,45)/t36-,37-/m0/s1. The number of ether oxygens (including phenoxy) is 5. The number of nitrogens with one attached hydrogen (secondary N) is 3. The number of aliphatic imine (C=N–C) groups is 1. The predicted octanol–water partition coefficient (Wildman–Crippen LogP) is 3.30. The maximum absolute atomic E-state index is 12.9. The van der Waals surface area contributed by atoms with Crippen molar-refractivity contribution in [2.75, 3.05) is 72.6 Å². The number of carboxylic acid groups (broad SMARTS) is 1. The van der Waals surface area contributed by atoms with Crippen LogP contribution in [0.4, 0.5) is 0 Å². The first kappa shape index (κ1) is 47.1. The van der Waals surface area contributed by atoms with Crippen LogP contribution in [0.1, 0.15) is 58.1 Å². The number of aliphatic carboxylic acids is 1. The van der Waals surface area contributed by atoms with E-state index in [1.165, 1.54) is 6.92 Å². The van der Waals surface area contributed by atoms with E-state index >= 15 is 0 Å². The predicted molar refractivity (Wildman–Crippen MR) is 221 cm³/mol. The molecule has 3 rings (SSSR count). The van der Waals surface area contributed by atoms with Gasteiger partial charge in [-0.3, -0.25) is 24.2 Å². The van der Waals surface area contributed by atoms with Crippen molar-refractivity contribution >= 4 is 40.4 Å². The Morgan fingerprint density at radius 1 is 0.741 bits per heavy atom. The minimum absolute atomic E-state index is 0.0836. The van der Waals surface area contributed by atoms with Crippen molar-refractivity contribution < 1.29 is 48.0 Å². The molecule has 3 amide bonds. The van der Waals surface area contributed by atoms with Crippen molar-refractivity contribution in [1.29, 1.82) is 0 Å². The van der Waals surface area contributed by atoms with Crippen molar-refractivity contribution in [1.82, 2.24) is 16.0 Å². The van der Waals surface area contributed by atoms with E-state index in [2.05, 4.69) is 34.8 Å². The van der Waals surface area contributed by atoms with Crippen molar-refractivity contribution in [3.05, 3.63) is 66.2 Å². The molecule has 2 atom stereocenters. The molecule has 8 N–H and O–H groups in total. The number of amides is 3. The van der Waals surface area contributed by atoms with E-state index < -0.39 is 42.3 Å². The fourth-order valence-corrected chi connectivity index (χ4v) is 5.82. The first-order chi connectivity index (χ1) is 27.9. The van der Waals surface area contributed by atoms with E-state index in [0.29, 0.717) is 76.5 Å². The Morgan fingerprint density at radius 3 is 1.93 bits per heavy atom. The molecule has 0 aliphatic carbocycles. The second kappa shape index (κ2) is 26.6. The summed E-state index contributed by atoms with van der Waals surface area (Å²) >= 11 is 0. The molecule has 0 bridgehead atoms. The molecule has 0 radical (unpaired) electrons. The van der Waals surface area contributed by atoms with E-state index in [9.17, 15) is 24.3 Å². The normalized spacial score (nSPS) is 12.1. The van der Waals surface area contributed by atoms with Crippen LogP contribution in [-0.4, -0.2) is 113 Å². The third-order valence-electron chi connectivity index (χ3n) is 8.73. The highest BCUT2D eigenvalue weighted by atomic mass is 16.6. The van der Waals surface area contributed by atoms with Gasteiger partial charge in [0.1, 0.15) is 18.4 Å². The lowest BCUT2D eigenvalue weighted by atomic mass is 9.95. The van der Waals surface area contributed by atoms with Crippen LogP contribution in [0, 0.1) is 5.92 Å². The third-order valence-corrected chi connectivity index (χ3v) is 8.73. The van der Waals surface area contributed by atoms with Gasteiger partial charge < -0.3 is 56.2 Å². The zero-order valence-electron chi connectivity index (χ0n) is 33.8. The Morgan fingerprint density at radius 2 is 1.34 bits per heavy atom. The zero-order valence-corrected chi connectivity index (χ0v) is 33.8. The molecule has 16 heteroatoms. The van der Waals surface area contributed by atoms with Gasteiger partial charge in [0, 0.05) is 25.5 Å². The number of hydrogen-bond acceptors (Lipinski definition) is 10. The van der Waals surface area contributed by atoms with Gasteiger partial charge in [0.25, 0.3) is 0 Å². The number of rotatable bonds is 29. The molecule has 318 valence electrons. The van der Waals surface area contributed by atoms with Crippen LogP contribution in [0.25, 0.3) is 21.9 Å². The fraction of sp³-hybridized carbons (Fsp3) is 0.500. The van der Waals surface area contributed by atoms with Gasteiger partial charge in [-0.2, -0.15) is 0 Å². The van der Waals surface area contributed by atoms with Crippen LogP contribution in [0.5, 0.6) is 5.75 Å². The van der Waals surface area contributed by atoms with E-state index in [-0.39, 0.29) is 25.3 Å². The SMILES string of the molecule is CC(=O)N[C@@H](CCCN=C(N)N)C(=O)NCC(=O)N[C@@H](CC(=O)O)c1ccc(-c2ccc(OCCOCCOCCOCCOCCC(C)C)c3ccccc23)cc1. The molecule has 0 aliphatic rings. The van der Waals surface area contributed by atoms with Crippen molar-refractivity contribution in [2.45, 2.75) is 58.5 Å². The summed E-state index contributed by atoms with van der Waals surface area (Å²) in [5.41, 5.74) is 13.1. The van der Waals surface area contributed by atoms with Gasteiger partial charge in [-0.15, -0.1) is 0 Å². The quantitative estimate of drug-likeness (QED) is 0.0337. The van der Waals surface area contributed by atoms with E-state index in [0.717, 1.165) is 34.9 Å². The van der Waals surface area contributed by atoms with Gasteiger partial charge in [0.05, 0.1) is 65.3 Å². The number of hydrogen-bond donors (Lipinski definition) is 6. The highest BCUT2D eigenvalue weighted by molar-refractivity contribution is 6.00. The molecule has 16 nitrogen and oxygen atoms in total. The number of carbonyl (C=O) groups is 4. The van der Waals surface area contributed by atoms with Gasteiger partial charge >= 0.3 is 5.97 Å². The van der Waals surface area contributed by atoms with Crippen molar-refractivity contribution in [2.24, 2.45) is 22.4 Å². The lowest BCUT2D eigenvalue weighted by molar-refractivity contribution is -0.138. The molecular formula is C42H60N6O10. The molecule has 3 aromatic rings. The summed E-state index contributed by atoms with van der Waals surface area (Å²) in [6.07, 6.45) is 1.31. The van der Waals surface area contributed by atoms with Crippen LogP contribution in [-0.2, 0) is 38.1 Å². The molecule has 0 aliphatic heterocycles. The second-order valence-corrected chi connectivity index (χ2v) is 13.9. The molecule has 0 saturated heterocycles. The minimum atomic E-state index is -1.11. The summed E-state index contributed by atoms with van der Waals surface area (Å²) in [5.74, 6) is -1.43. The summed E-state index contributed by atoms with van der Waals surface area (Å²) < 4.78 is 28.4. The number of benzene rings is 3.